The first-order valence-corrected chi connectivity index (χ1v) is 8.49. The molecule has 124 valence electrons. The van der Waals surface area contributed by atoms with Crippen LogP contribution in [0.5, 0.6) is 0 Å². The first-order chi connectivity index (χ1) is 11.1. The lowest BCUT2D eigenvalue weighted by molar-refractivity contribution is -0.119. The molecule has 1 aromatic rings. The number of rotatable bonds is 4. The first kappa shape index (κ1) is 16.0. The fourth-order valence-corrected chi connectivity index (χ4v) is 3.21. The zero-order valence-electron chi connectivity index (χ0n) is 13.6. The predicted octanol–water partition coefficient (Wildman–Crippen LogP) is 2.06. The molecular weight excluding hydrogens is 290 g/mol. The van der Waals surface area contributed by atoms with E-state index < -0.39 is 0 Å². The molecule has 2 saturated carbocycles. The number of hydrogen-bond acceptors (Lipinski definition) is 3. The van der Waals surface area contributed by atoms with Crippen molar-refractivity contribution in [1.82, 2.24) is 5.32 Å². The molecule has 0 aliphatic heterocycles. The maximum absolute atomic E-state index is 12.6. The third-order valence-electron chi connectivity index (χ3n) is 4.87. The van der Waals surface area contributed by atoms with E-state index in [-0.39, 0.29) is 29.8 Å². The Labute approximate surface area is 137 Å². The molecule has 1 aromatic carbocycles. The number of nitrogens with two attached hydrogens (primary N) is 1. The Morgan fingerprint density at radius 1 is 1.09 bits per heavy atom. The highest BCUT2D eigenvalue weighted by Gasteiger charge is 2.33. The summed E-state index contributed by atoms with van der Waals surface area (Å²) in [5.74, 6) is 0.140. The minimum Gasteiger partial charge on any atom is -0.349 e. The zero-order chi connectivity index (χ0) is 16.4. The molecule has 0 aromatic heterocycles. The van der Waals surface area contributed by atoms with Crippen molar-refractivity contribution in [1.29, 1.82) is 0 Å². The molecule has 0 bridgehead atoms. The summed E-state index contributed by atoms with van der Waals surface area (Å²) in [5.41, 5.74) is 7.17. The average Bonchev–Trinajstić information content (AvgIpc) is 3.40. The van der Waals surface area contributed by atoms with Gasteiger partial charge < -0.3 is 16.0 Å². The van der Waals surface area contributed by atoms with Crippen molar-refractivity contribution >= 4 is 17.5 Å². The van der Waals surface area contributed by atoms with E-state index in [1.807, 2.05) is 18.2 Å². The highest BCUT2D eigenvalue weighted by molar-refractivity contribution is 6.05. The van der Waals surface area contributed by atoms with Gasteiger partial charge in [0.25, 0.3) is 5.91 Å². The van der Waals surface area contributed by atoms with Crippen LogP contribution in [0, 0.1) is 5.92 Å². The van der Waals surface area contributed by atoms with Crippen LogP contribution in [-0.2, 0) is 4.79 Å². The minimum absolute atomic E-state index is 0.100. The smallest absolute Gasteiger partial charge is 0.253 e. The van der Waals surface area contributed by atoms with Crippen molar-refractivity contribution in [2.45, 2.75) is 50.6 Å². The highest BCUT2D eigenvalue weighted by Crippen LogP contribution is 2.33. The second-order valence-corrected chi connectivity index (χ2v) is 6.77. The number of benzene rings is 1. The molecule has 5 nitrogen and oxygen atoms in total. The van der Waals surface area contributed by atoms with Crippen LogP contribution in [0.25, 0.3) is 0 Å². The molecule has 2 aliphatic carbocycles. The number of hydrogen-bond donors (Lipinski definition) is 2. The summed E-state index contributed by atoms with van der Waals surface area (Å²) in [5, 5.41) is 3.10. The SMILES string of the molecule is CN(C(=O)C1CC1)c1ccccc1C(=O)NC1CCC(N)CC1. The summed E-state index contributed by atoms with van der Waals surface area (Å²) < 4.78 is 0. The highest BCUT2D eigenvalue weighted by atomic mass is 16.2. The molecule has 0 heterocycles. The van der Waals surface area contributed by atoms with Gasteiger partial charge >= 0.3 is 0 Å². The lowest BCUT2D eigenvalue weighted by atomic mass is 9.91. The Balaban J connectivity index is 1.71. The number of para-hydroxylation sites is 1. The van der Waals surface area contributed by atoms with Crippen LogP contribution in [0.4, 0.5) is 5.69 Å². The summed E-state index contributed by atoms with van der Waals surface area (Å²) in [6, 6.07) is 7.77. The van der Waals surface area contributed by atoms with Gasteiger partial charge in [-0.15, -0.1) is 0 Å². The molecule has 0 unspecified atom stereocenters. The van der Waals surface area contributed by atoms with Crippen molar-refractivity contribution in [3.63, 3.8) is 0 Å². The lowest BCUT2D eigenvalue weighted by Gasteiger charge is -2.27. The van der Waals surface area contributed by atoms with Gasteiger partial charge in [-0.25, -0.2) is 0 Å². The van der Waals surface area contributed by atoms with Crippen LogP contribution in [-0.4, -0.2) is 30.9 Å². The second-order valence-electron chi connectivity index (χ2n) is 6.77. The third-order valence-corrected chi connectivity index (χ3v) is 4.87. The van der Waals surface area contributed by atoms with E-state index in [1.165, 1.54) is 0 Å². The van der Waals surface area contributed by atoms with Crippen molar-refractivity contribution in [2.75, 3.05) is 11.9 Å². The quantitative estimate of drug-likeness (QED) is 0.893. The summed E-state index contributed by atoms with van der Waals surface area (Å²) in [7, 11) is 1.76. The molecule has 0 radical (unpaired) electrons. The predicted molar refractivity (Wildman–Crippen MR) is 90.3 cm³/mol. The maximum Gasteiger partial charge on any atom is 0.253 e. The Morgan fingerprint density at radius 2 is 1.74 bits per heavy atom. The van der Waals surface area contributed by atoms with Crippen LogP contribution in [0.15, 0.2) is 24.3 Å². The molecule has 0 saturated heterocycles. The molecule has 0 atom stereocenters. The first-order valence-electron chi connectivity index (χ1n) is 8.49. The minimum atomic E-state index is -0.100. The van der Waals surface area contributed by atoms with E-state index >= 15 is 0 Å². The van der Waals surface area contributed by atoms with E-state index in [4.69, 9.17) is 5.73 Å². The van der Waals surface area contributed by atoms with Crippen LogP contribution < -0.4 is 16.0 Å². The molecule has 2 fully saturated rings. The Morgan fingerprint density at radius 3 is 2.39 bits per heavy atom. The Hall–Kier alpha value is -1.88. The van der Waals surface area contributed by atoms with Crippen molar-refractivity contribution < 1.29 is 9.59 Å². The fraction of sp³-hybridized carbons (Fsp3) is 0.556. The summed E-state index contributed by atoms with van der Waals surface area (Å²) >= 11 is 0. The van der Waals surface area contributed by atoms with Gasteiger partial charge in [0.05, 0.1) is 11.3 Å². The van der Waals surface area contributed by atoms with Gasteiger partial charge in [0, 0.05) is 25.0 Å². The van der Waals surface area contributed by atoms with Gasteiger partial charge in [-0.1, -0.05) is 12.1 Å². The monoisotopic (exact) mass is 315 g/mol. The molecule has 2 aliphatic rings. The summed E-state index contributed by atoms with van der Waals surface area (Å²) in [6.07, 6.45) is 5.66. The maximum atomic E-state index is 12.6. The summed E-state index contributed by atoms with van der Waals surface area (Å²) in [4.78, 5) is 26.6. The van der Waals surface area contributed by atoms with E-state index in [0.29, 0.717) is 11.3 Å². The average molecular weight is 315 g/mol. The summed E-state index contributed by atoms with van der Waals surface area (Å²) in [6.45, 7) is 0. The third kappa shape index (κ3) is 3.72. The van der Waals surface area contributed by atoms with Crippen molar-refractivity contribution in [2.24, 2.45) is 11.7 Å². The largest absolute Gasteiger partial charge is 0.349 e. The Kier molecular flexibility index (Phi) is 4.66. The molecular formula is C18H25N3O2. The van der Waals surface area contributed by atoms with Gasteiger partial charge in [-0.05, 0) is 50.7 Å². The van der Waals surface area contributed by atoms with Crippen LogP contribution in [0.3, 0.4) is 0 Å². The number of amides is 2. The van der Waals surface area contributed by atoms with Gasteiger partial charge in [-0.2, -0.15) is 0 Å². The molecule has 2 amide bonds. The standard InChI is InChI=1S/C18H25N3O2/c1-21(18(23)12-6-7-12)16-5-3-2-4-15(16)17(22)20-14-10-8-13(19)9-11-14/h2-5,12-14H,6-11,19H2,1H3,(H,20,22). The molecule has 3 N–H and O–H groups in total. The number of nitrogens with zero attached hydrogens (tertiary/aromatic N) is 1. The molecule has 0 spiro atoms. The number of anilines is 1. The number of carbonyl (C=O) groups is 2. The van der Waals surface area contributed by atoms with Gasteiger partial charge in [0.2, 0.25) is 5.91 Å². The zero-order valence-corrected chi connectivity index (χ0v) is 13.6. The van der Waals surface area contributed by atoms with Crippen LogP contribution in [0.2, 0.25) is 0 Å². The fourth-order valence-electron chi connectivity index (χ4n) is 3.21. The number of carbonyl (C=O) groups excluding carboxylic acids is 2. The van der Waals surface area contributed by atoms with Crippen LogP contribution in [0.1, 0.15) is 48.9 Å². The van der Waals surface area contributed by atoms with E-state index in [9.17, 15) is 9.59 Å². The van der Waals surface area contributed by atoms with Gasteiger partial charge in [0.1, 0.15) is 0 Å². The van der Waals surface area contributed by atoms with Crippen molar-refractivity contribution in [3.05, 3.63) is 29.8 Å². The molecule has 3 rings (SSSR count). The van der Waals surface area contributed by atoms with E-state index in [1.54, 1.807) is 18.0 Å². The Bertz CT molecular complexity index is 590. The van der Waals surface area contributed by atoms with Gasteiger partial charge in [0.15, 0.2) is 0 Å². The van der Waals surface area contributed by atoms with Crippen LogP contribution >= 0.6 is 0 Å². The van der Waals surface area contributed by atoms with E-state index in [2.05, 4.69) is 5.32 Å². The number of nitrogens with one attached hydrogen (secondary N) is 1. The van der Waals surface area contributed by atoms with Gasteiger partial charge in [-0.3, -0.25) is 9.59 Å². The van der Waals surface area contributed by atoms with E-state index in [0.717, 1.165) is 38.5 Å². The van der Waals surface area contributed by atoms with Crippen molar-refractivity contribution in [3.8, 4) is 0 Å². The molecule has 5 heteroatoms. The normalized spacial score (nSPS) is 24.1. The lowest BCUT2D eigenvalue weighted by Crippen LogP contribution is -2.41. The second kappa shape index (κ2) is 6.71. The molecule has 23 heavy (non-hydrogen) atoms. The topological polar surface area (TPSA) is 75.4 Å².